The van der Waals surface area contributed by atoms with Crippen LogP contribution in [-0.4, -0.2) is 29.0 Å². The second-order valence-electron chi connectivity index (χ2n) is 5.38. The number of aromatic nitrogens is 1. The highest BCUT2D eigenvalue weighted by Crippen LogP contribution is 2.23. The van der Waals surface area contributed by atoms with E-state index in [0.717, 1.165) is 11.3 Å². The lowest BCUT2D eigenvalue weighted by molar-refractivity contribution is -0.116. The summed E-state index contributed by atoms with van der Waals surface area (Å²) in [4.78, 5) is 17.9. The SMILES string of the molecule is Cc1cc(C)c(C(N)=S)c(N(CC(N)=O)CC(C)C)n1. The molecule has 6 heteroatoms. The van der Waals surface area contributed by atoms with Crippen LogP contribution in [0.5, 0.6) is 0 Å². The first-order valence-electron chi connectivity index (χ1n) is 6.53. The summed E-state index contributed by atoms with van der Waals surface area (Å²) < 4.78 is 0. The predicted molar refractivity (Wildman–Crippen MR) is 85.8 cm³/mol. The Kier molecular flexibility index (Phi) is 5.44. The Morgan fingerprint density at radius 3 is 2.45 bits per heavy atom. The number of carbonyl (C=O) groups is 1. The Bertz CT molecular complexity index is 528. The first-order chi connectivity index (χ1) is 9.22. The maximum absolute atomic E-state index is 11.3. The monoisotopic (exact) mass is 294 g/mol. The molecule has 0 spiro atoms. The Hall–Kier alpha value is -1.69. The number of amides is 1. The fourth-order valence-corrected chi connectivity index (χ4v) is 2.46. The molecule has 4 N–H and O–H groups in total. The fraction of sp³-hybridized carbons (Fsp3) is 0.500. The average Bonchev–Trinajstić information content (AvgIpc) is 2.24. The number of carbonyl (C=O) groups excluding carboxylic acids is 1. The Balaban J connectivity index is 3.36. The summed E-state index contributed by atoms with van der Waals surface area (Å²) in [6.07, 6.45) is 0. The highest BCUT2D eigenvalue weighted by Gasteiger charge is 2.20. The number of hydrogen-bond donors (Lipinski definition) is 2. The van der Waals surface area contributed by atoms with E-state index >= 15 is 0 Å². The van der Waals surface area contributed by atoms with Gasteiger partial charge in [-0.2, -0.15) is 0 Å². The van der Waals surface area contributed by atoms with E-state index in [-0.39, 0.29) is 11.5 Å². The lowest BCUT2D eigenvalue weighted by Gasteiger charge is -2.27. The molecular weight excluding hydrogens is 272 g/mol. The van der Waals surface area contributed by atoms with Crippen LogP contribution in [0.3, 0.4) is 0 Å². The second kappa shape index (κ2) is 6.65. The Labute approximate surface area is 125 Å². The van der Waals surface area contributed by atoms with E-state index in [0.29, 0.717) is 23.8 Å². The molecule has 0 fully saturated rings. The van der Waals surface area contributed by atoms with Crippen molar-refractivity contribution in [2.75, 3.05) is 18.0 Å². The van der Waals surface area contributed by atoms with Crippen molar-refractivity contribution in [2.24, 2.45) is 17.4 Å². The second-order valence-corrected chi connectivity index (χ2v) is 5.82. The summed E-state index contributed by atoms with van der Waals surface area (Å²) >= 11 is 5.12. The first kappa shape index (κ1) is 16.4. The summed E-state index contributed by atoms with van der Waals surface area (Å²) in [5, 5.41) is 0. The van der Waals surface area contributed by atoms with Gasteiger partial charge in [-0.3, -0.25) is 4.79 Å². The largest absolute Gasteiger partial charge is 0.389 e. The van der Waals surface area contributed by atoms with Crippen LogP contribution in [0.15, 0.2) is 6.07 Å². The standard InChI is InChI=1S/C14H22N4OS/c1-8(2)6-18(7-11(15)19)14-12(13(16)20)9(3)5-10(4)17-14/h5,8H,6-7H2,1-4H3,(H2,15,19)(H2,16,20). The molecule has 0 saturated heterocycles. The number of hydrogen-bond acceptors (Lipinski definition) is 4. The maximum Gasteiger partial charge on any atom is 0.236 e. The first-order valence-corrected chi connectivity index (χ1v) is 6.94. The number of rotatable bonds is 6. The zero-order valence-electron chi connectivity index (χ0n) is 12.4. The van der Waals surface area contributed by atoms with Gasteiger partial charge >= 0.3 is 0 Å². The topological polar surface area (TPSA) is 85.2 Å². The molecule has 1 amide bonds. The van der Waals surface area contributed by atoms with Crippen molar-refractivity contribution in [2.45, 2.75) is 27.7 Å². The Morgan fingerprint density at radius 2 is 2.00 bits per heavy atom. The number of nitrogens with zero attached hydrogens (tertiary/aromatic N) is 2. The van der Waals surface area contributed by atoms with Gasteiger partial charge in [0.05, 0.1) is 12.1 Å². The minimum atomic E-state index is -0.402. The molecule has 5 nitrogen and oxygen atoms in total. The van der Waals surface area contributed by atoms with Crippen LogP contribution < -0.4 is 16.4 Å². The van der Waals surface area contributed by atoms with Crippen molar-refractivity contribution < 1.29 is 4.79 Å². The highest BCUT2D eigenvalue weighted by molar-refractivity contribution is 7.80. The fourth-order valence-electron chi connectivity index (χ4n) is 2.21. The highest BCUT2D eigenvalue weighted by atomic mass is 32.1. The zero-order valence-corrected chi connectivity index (χ0v) is 13.3. The molecule has 1 rings (SSSR count). The van der Waals surface area contributed by atoms with E-state index in [2.05, 4.69) is 18.8 Å². The third kappa shape index (κ3) is 4.16. The van der Waals surface area contributed by atoms with E-state index in [1.165, 1.54) is 0 Å². The van der Waals surface area contributed by atoms with Crippen molar-refractivity contribution in [1.29, 1.82) is 0 Å². The van der Waals surface area contributed by atoms with Gasteiger partial charge in [-0.25, -0.2) is 4.98 Å². The molecule has 0 aromatic carbocycles. The van der Waals surface area contributed by atoms with Gasteiger partial charge < -0.3 is 16.4 Å². The summed E-state index contributed by atoms with van der Waals surface area (Å²) in [6.45, 7) is 8.73. The van der Waals surface area contributed by atoms with Crippen molar-refractivity contribution in [3.8, 4) is 0 Å². The van der Waals surface area contributed by atoms with Gasteiger partial charge in [0.25, 0.3) is 0 Å². The van der Waals surface area contributed by atoms with Gasteiger partial charge in [0.1, 0.15) is 10.8 Å². The van der Waals surface area contributed by atoms with Gasteiger partial charge in [0.15, 0.2) is 0 Å². The Morgan fingerprint density at radius 1 is 1.40 bits per heavy atom. The van der Waals surface area contributed by atoms with E-state index in [9.17, 15) is 4.79 Å². The number of anilines is 1. The molecule has 110 valence electrons. The number of thiocarbonyl (C=S) groups is 1. The van der Waals surface area contributed by atoms with Crippen molar-refractivity contribution in [1.82, 2.24) is 4.98 Å². The molecule has 0 aliphatic rings. The third-order valence-corrected chi connectivity index (χ3v) is 3.01. The smallest absolute Gasteiger partial charge is 0.236 e. The van der Waals surface area contributed by atoms with Gasteiger partial charge in [0, 0.05) is 12.2 Å². The van der Waals surface area contributed by atoms with E-state index in [1.807, 2.05) is 24.8 Å². The molecule has 1 aromatic rings. The minimum absolute atomic E-state index is 0.101. The third-order valence-electron chi connectivity index (χ3n) is 2.80. The van der Waals surface area contributed by atoms with Crippen LogP contribution in [0.25, 0.3) is 0 Å². The zero-order chi connectivity index (χ0) is 15.4. The molecule has 0 atom stereocenters. The lowest BCUT2D eigenvalue weighted by Crippen LogP contribution is -2.38. The van der Waals surface area contributed by atoms with E-state index < -0.39 is 5.91 Å². The molecule has 0 radical (unpaired) electrons. The van der Waals surface area contributed by atoms with Crippen LogP contribution in [0.4, 0.5) is 5.82 Å². The molecule has 20 heavy (non-hydrogen) atoms. The minimum Gasteiger partial charge on any atom is -0.389 e. The molecule has 0 aliphatic carbocycles. The van der Waals surface area contributed by atoms with Gasteiger partial charge in [-0.05, 0) is 31.4 Å². The lowest BCUT2D eigenvalue weighted by atomic mass is 10.1. The van der Waals surface area contributed by atoms with Gasteiger partial charge in [-0.1, -0.05) is 26.1 Å². The molecule has 0 saturated carbocycles. The molecule has 0 aliphatic heterocycles. The van der Waals surface area contributed by atoms with E-state index in [4.69, 9.17) is 23.7 Å². The molecule has 0 bridgehead atoms. The van der Waals surface area contributed by atoms with Gasteiger partial charge in [0.2, 0.25) is 5.91 Å². The normalized spacial score (nSPS) is 10.7. The van der Waals surface area contributed by atoms with Crippen LogP contribution in [0, 0.1) is 19.8 Å². The van der Waals surface area contributed by atoms with Gasteiger partial charge in [-0.15, -0.1) is 0 Å². The summed E-state index contributed by atoms with van der Waals surface area (Å²) in [5.41, 5.74) is 13.7. The number of primary amides is 1. The van der Waals surface area contributed by atoms with Crippen LogP contribution in [0.1, 0.15) is 30.7 Å². The molecule has 1 heterocycles. The van der Waals surface area contributed by atoms with Crippen LogP contribution in [-0.2, 0) is 4.79 Å². The predicted octanol–water partition coefficient (Wildman–Crippen LogP) is 1.28. The molecule has 1 aromatic heterocycles. The quantitative estimate of drug-likeness (QED) is 0.772. The maximum atomic E-state index is 11.3. The summed E-state index contributed by atoms with van der Waals surface area (Å²) in [5.74, 6) is 0.596. The van der Waals surface area contributed by atoms with Crippen LogP contribution in [0.2, 0.25) is 0 Å². The molecule has 0 unspecified atom stereocenters. The number of pyridine rings is 1. The molecular formula is C14H22N4OS. The number of aryl methyl sites for hydroxylation is 2. The van der Waals surface area contributed by atoms with Crippen molar-refractivity contribution >= 4 is 28.9 Å². The van der Waals surface area contributed by atoms with Crippen LogP contribution >= 0.6 is 12.2 Å². The number of nitrogens with two attached hydrogens (primary N) is 2. The van der Waals surface area contributed by atoms with E-state index in [1.54, 1.807) is 0 Å². The average molecular weight is 294 g/mol. The van der Waals surface area contributed by atoms with Crippen molar-refractivity contribution in [3.63, 3.8) is 0 Å². The summed E-state index contributed by atoms with van der Waals surface area (Å²) in [7, 11) is 0. The summed E-state index contributed by atoms with van der Waals surface area (Å²) in [6, 6.07) is 1.93. The van der Waals surface area contributed by atoms with Crippen molar-refractivity contribution in [3.05, 3.63) is 22.9 Å².